The molecule has 0 aromatic rings. The molecule has 0 heterocycles. The van der Waals surface area contributed by atoms with E-state index in [9.17, 15) is 19.8 Å². The summed E-state index contributed by atoms with van der Waals surface area (Å²) in [4.78, 5) is 23.3. The fourth-order valence-corrected chi connectivity index (χ4v) is 3.59. The Labute approximate surface area is 131 Å². The first-order chi connectivity index (χ1) is 10.5. The van der Waals surface area contributed by atoms with Gasteiger partial charge in [-0.2, -0.15) is 0 Å². The molecule has 2 saturated carbocycles. The number of carbonyl (C=O) groups is 2. The van der Waals surface area contributed by atoms with Gasteiger partial charge in [-0.25, -0.2) is 0 Å². The number of aldehydes is 1. The van der Waals surface area contributed by atoms with E-state index in [1.54, 1.807) is 0 Å². The van der Waals surface area contributed by atoms with E-state index in [0.29, 0.717) is 6.42 Å². The number of nitrogens with one attached hydrogen (secondary N) is 1. The molecule has 1 amide bonds. The third-order valence-electron chi connectivity index (χ3n) is 5.11. The predicted octanol–water partition coefficient (Wildman–Crippen LogP) is 0.0996. The maximum atomic E-state index is 12.4. The quantitative estimate of drug-likeness (QED) is 0.552. The molecule has 4 unspecified atom stereocenters. The largest absolute Gasteiger partial charge is 0.391 e. The molecule has 0 spiro atoms. The van der Waals surface area contributed by atoms with Crippen LogP contribution in [0.5, 0.6) is 0 Å². The second-order valence-electron chi connectivity index (χ2n) is 6.84. The summed E-state index contributed by atoms with van der Waals surface area (Å²) in [6.45, 7) is 0. The lowest BCUT2D eigenvalue weighted by Gasteiger charge is -2.36. The van der Waals surface area contributed by atoms with Gasteiger partial charge >= 0.3 is 0 Å². The normalized spacial score (nSPS) is 40.3. The molecule has 22 heavy (non-hydrogen) atoms. The Kier molecular flexibility index (Phi) is 6.35. The number of hydrogen-bond donors (Lipinski definition) is 4. The number of nitrogens with two attached hydrogens (primary N) is 1. The molecule has 126 valence electrons. The number of rotatable bonds is 3. The van der Waals surface area contributed by atoms with Crippen LogP contribution in [0.3, 0.4) is 0 Å². The van der Waals surface area contributed by atoms with Crippen LogP contribution in [0.4, 0.5) is 0 Å². The van der Waals surface area contributed by atoms with E-state index in [4.69, 9.17) is 5.73 Å². The minimum atomic E-state index is -0.744. The van der Waals surface area contributed by atoms with Crippen molar-refractivity contribution >= 4 is 12.2 Å². The van der Waals surface area contributed by atoms with E-state index < -0.39 is 18.2 Å². The van der Waals surface area contributed by atoms with Crippen LogP contribution in [0.15, 0.2) is 0 Å². The van der Waals surface area contributed by atoms with E-state index in [0.717, 1.165) is 44.8 Å². The Hall–Kier alpha value is -0.980. The highest BCUT2D eigenvalue weighted by atomic mass is 16.3. The Bertz CT molecular complexity index is 380. The second kappa shape index (κ2) is 8.04. The van der Waals surface area contributed by atoms with Gasteiger partial charge in [0.05, 0.1) is 18.2 Å². The molecule has 2 aliphatic rings. The van der Waals surface area contributed by atoms with Crippen LogP contribution in [0.25, 0.3) is 0 Å². The molecule has 2 fully saturated rings. The van der Waals surface area contributed by atoms with Gasteiger partial charge in [-0.05, 0) is 32.1 Å². The van der Waals surface area contributed by atoms with Gasteiger partial charge in [0.1, 0.15) is 6.29 Å². The molecule has 6 heteroatoms. The lowest BCUT2D eigenvalue weighted by atomic mass is 9.84. The van der Waals surface area contributed by atoms with Gasteiger partial charge in [0.25, 0.3) is 0 Å². The number of aliphatic hydroxyl groups excluding tert-OH is 2. The molecule has 0 saturated heterocycles. The van der Waals surface area contributed by atoms with Gasteiger partial charge in [-0.3, -0.25) is 4.79 Å². The maximum absolute atomic E-state index is 12.4. The molecule has 0 aromatic carbocycles. The van der Waals surface area contributed by atoms with Gasteiger partial charge < -0.3 is 26.1 Å². The summed E-state index contributed by atoms with van der Waals surface area (Å²) in [5.74, 6) is 0.0590. The topological polar surface area (TPSA) is 113 Å². The number of carbonyl (C=O) groups excluding carboxylic acids is 2. The summed E-state index contributed by atoms with van der Waals surface area (Å²) in [6, 6.07) is -0.779. The van der Waals surface area contributed by atoms with Crippen molar-refractivity contribution in [3.8, 4) is 0 Å². The van der Waals surface area contributed by atoms with Gasteiger partial charge in [0.2, 0.25) is 5.91 Å². The van der Waals surface area contributed by atoms with Gasteiger partial charge in [-0.1, -0.05) is 12.8 Å². The van der Waals surface area contributed by atoms with Crippen molar-refractivity contribution in [3.63, 3.8) is 0 Å². The van der Waals surface area contributed by atoms with Crippen LogP contribution in [0.2, 0.25) is 0 Å². The van der Waals surface area contributed by atoms with Gasteiger partial charge in [0, 0.05) is 24.3 Å². The van der Waals surface area contributed by atoms with Crippen molar-refractivity contribution in [3.05, 3.63) is 0 Å². The van der Waals surface area contributed by atoms with E-state index in [1.807, 2.05) is 0 Å². The Balaban J connectivity index is 1.84. The van der Waals surface area contributed by atoms with Gasteiger partial charge in [0.15, 0.2) is 0 Å². The van der Waals surface area contributed by atoms with Crippen molar-refractivity contribution in [2.24, 2.45) is 17.6 Å². The van der Waals surface area contributed by atoms with Crippen LogP contribution in [0, 0.1) is 11.8 Å². The Morgan fingerprint density at radius 2 is 1.68 bits per heavy atom. The zero-order valence-electron chi connectivity index (χ0n) is 13.0. The third kappa shape index (κ3) is 4.51. The molecular weight excluding hydrogens is 284 g/mol. The first-order valence-electron chi connectivity index (χ1n) is 8.38. The summed E-state index contributed by atoms with van der Waals surface area (Å²) < 4.78 is 0. The SMILES string of the molecule is NC1CC(NC(=O)C2CCCC(C=O)CCC2)C(O)CC1O. The average Bonchev–Trinajstić information content (AvgIpc) is 2.44. The molecule has 0 radical (unpaired) electrons. The van der Waals surface area contributed by atoms with E-state index >= 15 is 0 Å². The monoisotopic (exact) mass is 312 g/mol. The van der Waals surface area contributed by atoms with Crippen molar-refractivity contribution in [2.75, 3.05) is 0 Å². The molecule has 2 aliphatic carbocycles. The van der Waals surface area contributed by atoms with Crippen molar-refractivity contribution < 1.29 is 19.8 Å². The fraction of sp³-hybridized carbons (Fsp3) is 0.875. The highest BCUT2D eigenvalue weighted by Gasteiger charge is 2.35. The molecular formula is C16H28N2O4. The predicted molar refractivity (Wildman–Crippen MR) is 81.9 cm³/mol. The summed E-state index contributed by atoms with van der Waals surface area (Å²) >= 11 is 0. The summed E-state index contributed by atoms with van der Waals surface area (Å²) in [6.07, 6.45) is 5.24. The molecule has 4 atom stereocenters. The smallest absolute Gasteiger partial charge is 0.223 e. The lowest BCUT2D eigenvalue weighted by molar-refractivity contribution is -0.128. The third-order valence-corrected chi connectivity index (χ3v) is 5.11. The fourth-order valence-electron chi connectivity index (χ4n) is 3.59. The zero-order chi connectivity index (χ0) is 16.1. The Morgan fingerprint density at radius 1 is 1.05 bits per heavy atom. The summed E-state index contributed by atoms with van der Waals surface area (Å²) in [5, 5.41) is 22.6. The zero-order valence-corrected chi connectivity index (χ0v) is 13.0. The average molecular weight is 312 g/mol. The van der Waals surface area contributed by atoms with E-state index in [2.05, 4.69) is 5.32 Å². The van der Waals surface area contributed by atoms with Crippen LogP contribution in [-0.4, -0.2) is 46.7 Å². The maximum Gasteiger partial charge on any atom is 0.223 e. The van der Waals surface area contributed by atoms with Crippen LogP contribution >= 0.6 is 0 Å². The number of hydrogen-bond acceptors (Lipinski definition) is 5. The molecule has 0 aromatic heterocycles. The molecule has 5 N–H and O–H groups in total. The van der Waals surface area contributed by atoms with E-state index in [-0.39, 0.29) is 30.2 Å². The van der Waals surface area contributed by atoms with E-state index in [1.165, 1.54) is 0 Å². The second-order valence-corrected chi connectivity index (χ2v) is 6.84. The first-order valence-corrected chi connectivity index (χ1v) is 8.38. The summed E-state index contributed by atoms with van der Waals surface area (Å²) in [7, 11) is 0. The number of amides is 1. The van der Waals surface area contributed by atoms with Crippen molar-refractivity contribution in [1.29, 1.82) is 0 Å². The minimum Gasteiger partial charge on any atom is -0.391 e. The summed E-state index contributed by atoms with van der Waals surface area (Å²) in [5.41, 5.74) is 5.82. The standard InChI is InChI=1S/C16H28N2O4/c17-12-7-13(15(21)8-14(12)20)18-16(22)11-5-1-3-10(9-19)4-2-6-11/h9-15,20-21H,1-8,17H2,(H,18,22). The molecule has 0 bridgehead atoms. The van der Waals surface area contributed by atoms with Crippen LogP contribution < -0.4 is 11.1 Å². The first kappa shape index (κ1) is 17.4. The van der Waals surface area contributed by atoms with Gasteiger partial charge in [-0.15, -0.1) is 0 Å². The lowest BCUT2D eigenvalue weighted by Crippen LogP contribution is -2.56. The van der Waals surface area contributed by atoms with Crippen molar-refractivity contribution in [2.45, 2.75) is 75.7 Å². The van der Waals surface area contributed by atoms with Crippen molar-refractivity contribution in [1.82, 2.24) is 5.32 Å². The van der Waals surface area contributed by atoms with Crippen LogP contribution in [-0.2, 0) is 9.59 Å². The molecule has 0 aliphatic heterocycles. The Morgan fingerprint density at radius 3 is 2.27 bits per heavy atom. The number of aliphatic hydroxyl groups is 2. The minimum absolute atomic E-state index is 0.0304. The highest BCUT2D eigenvalue weighted by Crippen LogP contribution is 2.26. The molecule has 6 nitrogen and oxygen atoms in total. The molecule has 2 rings (SSSR count). The highest BCUT2D eigenvalue weighted by molar-refractivity contribution is 5.79. The van der Waals surface area contributed by atoms with Crippen LogP contribution in [0.1, 0.15) is 51.4 Å².